The van der Waals surface area contributed by atoms with E-state index in [1.165, 1.54) is 35.5 Å². The van der Waals surface area contributed by atoms with Crippen LogP contribution in [0.25, 0.3) is 6.08 Å². The molecule has 0 amide bonds. The number of carbonyl (C=O) groups is 1. The van der Waals surface area contributed by atoms with Gasteiger partial charge in [0.1, 0.15) is 5.82 Å². The standard InChI is InChI=1S/C27H36F2N4O2S/c1-19-30-16-22(17-31-19)7-8-23(34)15-21-5-3-20(4-6-21)9-12-33-13-10-24-25(11-14-33)36-26(32-24)35-18-27(2,28)29/h7-8,16-17,20-21H,3-6,9-15,18H2,1-2H3/b8-7+. The average Bonchev–Trinajstić information content (AvgIpc) is 3.15. The number of ketones is 1. The number of aryl methyl sites for hydroxylation is 1. The first-order valence-corrected chi connectivity index (χ1v) is 13.8. The van der Waals surface area contributed by atoms with E-state index in [0.29, 0.717) is 17.5 Å². The molecule has 196 valence electrons. The van der Waals surface area contributed by atoms with Gasteiger partial charge >= 0.3 is 0 Å². The van der Waals surface area contributed by atoms with E-state index < -0.39 is 12.5 Å². The van der Waals surface area contributed by atoms with Gasteiger partial charge in [0.2, 0.25) is 0 Å². The van der Waals surface area contributed by atoms with E-state index in [1.54, 1.807) is 24.5 Å². The van der Waals surface area contributed by atoms with Crippen molar-refractivity contribution >= 4 is 23.2 Å². The van der Waals surface area contributed by atoms with E-state index in [2.05, 4.69) is 19.9 Å². The van der Waals surface area contributed by atoms with Crippen molar-refractivity contribution in [1.82, 2.24) is 19.9 Å². The number of carbonyl (C=O) groups excluding carboxylic acids is 1. The highest BCUT2D eigenvalue weighted by Crippen LogP contribution is 2.34. The lowest BCUT2D eigenvalue weighted by atomic mass is 9.78. The summed E-state index contributed by atoms with van der Waals surface area (Å²) in [5, 5.41) is 0.366. The van der Waals surface area contributed by atoms with Crippen LogP contribution in [0.1, 0.15) is 67.4 Å². The van der Waals surface area contributed by atoms with Crippen LogP contribution in [0.15, 0.2) is 18.5 Å². The molecule has 0 atom stereocenters. The Kier molecular flexibility index (Phi) is 9.17. The maximum Gasteiger partial charge on any atom is 0.278 e. The molecular formula is C27H36F2N4O2S. The molecule has 6 nitrogen and oxygen atoms in total. The highest BCUT2D eigenvalue weighted by molar-refractivity contribution is 7.13. The minimum atomic E-state index is -2.84. The maximum atomic E-state index is 13.0. The van der Waals surface area contributed by atoms with Crippen LogP contribution in [0.2, 0.25) is 0 Å². The van der Waals surface area contributed by atoms with Crippen molar-refractivity contribution in [1.29, 1.82) is 0 Å². The number of aromatic nitrogens is 3. The maximum absolute atomic E-state index is 13.0. The molecule has 1 saturated carbocycles. The molecule has 3 heterocycles. The Bertz CT molecular complexity index is 1000. The summed E-state index contributed by atoms with van der Waals surface area (Å²) in [6, 6.07) is 0. The van der Waals surface area contributed by atoms with E-state index in [0.717, 1.165) is 75.2 Å². The lowest BCUT2D eigenvalue weighted by Gasteiger charge is -2.30. The zero-order chi connectivity index (χ0) is 25.5. The Hall–Kier alpha value is -2.26. The van der Waals surface area contributed by atoms with Gasteiger partial charge in [0, 0.05) is 55.7 Å². The predicted octanol–water partition coefficient (Wildman–Crippen LogP) is 5.55. The Morgan fingerprint density at radius 3 is 2.58 bits per heavy atom. The molecule has 9 heteroatoms. The van der Waals surface area contributed by atoms with E-state index in [9.17, 15) is 13.6 Å². The molecule has 0 bridgehead atoms. The molecule has 0 aromatic carbocycles. The minimum Gasteiger partial charge on any atom is -0.464 e. The Balaban J connectivity index is 1.13. The summed E-state index contributed by atoms with van der Waals surface area (Å²) in [5.74, 6) is -0.729. The molecule has 0 radical (unpaired) electrons. The second-order valence-corrected chi connectivity index (χ2v) is 11.3. The Labute approximate surface area is 216 Å². The Morgan fingerprint density at radius 1 is 1.17 bits per heavy atom. The predicted molar refractivity (Wildman–Crippen MR) is 138 cm³/mol. The van der Waals surface area contributed by atoms with Crippen molar-refractivity contribution in [2.45, 2.75) is 71.1 Å². The third-order valence-corrected chi connectivity index (χ3v) is 8.17. The quantitative estimate of drug-likeness (QED) is 0.385. The molecule has 0 N–H and O–H groups in total. The van der Waals surface area contributed by atoms with Gasteiger partial charge in [-0.1, -0.05) is 24.2 Å². The van der Waals surface area contributed by atoms with Gasteiger partial charge in [0.15, 0.2) is 12.4 Å². The SMILES string of the molecule is Cc1ncc(/C=C/C(=O)CC2CCC(CCN3CCc4nc(OCC(C)(F)F)sc4CC3)CC2)cn1. The number of hydrogen-bond donors (Lipinski definition) is 0. The fraction of sp³-hybridized carbons (Fsp3) is 0.630. The van der Waals surface area contributed by atoms with Crippen LogP contribution in [0.4, 0.5) is 8.78 Å². The fourth-order valence-electron chi connectivity index (χ4n) is 4.98. The van der Waals surface area contributed by atoms with E-state index >= 15 is 0 Å². The molecule has 2 aliphatic rings. The number of alkyl halides is 2. The second kappa shape index (κ2) is 12.3. The first-order valence-electron chi connectivity index (χ1n) is 12.9. The first kappa shape index (κ1) is 26.8. The van der Waals surface area contributed by atoms with Gasteiger partial charge < -0.3 is 9.64 Å². The van der Waals surface area contributed by atoms with Crippen molar-refractivity contribution < 1.29 is 18.3 Å². The number of rotatable bonds is 10. The summed E-state index contributed by atoms with van der Waals surface area (Å²) >= 11 is 1.41. The molecule has 0 saturated heterocycles. The highest BCUT2D eigenvalue weighted by atomic mass is 32.1. The number of thiazole rings is 1. The van der Waals surface area contributed by atoms with Crippen molar-refractivity contribution in [3.63, 3.8) is 0 Å². The van der Waals surface area contributed by atoms with Gasteiger partial charge in [-0.15, -0.1) is 0 Å². The number of hydrogen-bond acceptors (Lipinski definition) is 7. The van der Waals surface area contributed by atoms with Gasteiger partial charge in [0.05, 0.1) is 5.69 Å². The molecule has 2 aromatic rings. The van der Waals surface area contributed by atoms with Crippen molar-refractivity contribution in [3.05, 3.63) is 40.4 Å². The molecule has 1 aliphatic heterocycles. The summed E-state index contributed by atoms with van der Waals surface area (Å²) < 4.78 is 31.3. The van der Waals surface area contributed by atoms with Crippen LogP contribution in [0.5, 0.6) is 5.19 Å². The average molecular weight is 519 g/mol. The monoisotopic (exact) mass is 518 g/mol. The Morgan fingerprint density at radius 2 is 1.86 bits per heavy atom. The minimum absolute atomic E-state index is 0.182. The second-order valence-electron chi connectivity index (χ2n) is 10.3. The van der Waals surface area contributed by atoms with Gasteiger partial charge in [-0.05, 0) is 63.1 Å². The van der Waals surface area contributed by atoms with Crippen molar-refractivity contribution in [2.24, 2.45) is 11.8 Å². The highest BCUT2D eigenvalue weighted by Gasteiger charge is 2.26. The summed E-state index contributed by atoms with van der Waals surface area (Å²) in [7, 11) is 0. The third kappa shape index (κ3) is 8.40. The van der Waals surface area contributed by atoms with Gasteiger partial charge in [-0.25, -0.2) is 23.7 Å². The van der Waals surface area contributed by atoms with Gasteiger partial charge in [-0.2, -0.15) is 0 Å². The van der Waals surface area contributed by atoms with E-state index in [1.807, 2.05) is 6.92 Å². The van der Waals surface area contributed by atoms with E-state index in [4.69, 9.17) is 4.74 Å². The summed E-state index contributed by atoms with van der Waals surface area (Å²) in [5.41, 5.74) is 1.86. The summed E-state index contributed by atoms with van der Waals surface area (Å²) in [6.45, 7) is 5.08. The lowest BCUT2D eigenvalue weighted by molar-refractivity contribution is -0.115. The molecule has 0 unspecified atom stereocenters. The van der Waals surface area contributed by atoms with Gasteiger partial charge in [-0.3, -0.25) is 4.79 Å². The van der Waals surface area contributed by atoms with Crippen LogP contribution >= 0.6 is 11.3 Å². The van der Waals surface area contributed by atoms with Crippen LogP contribution in [0, 0.1) is 18.8 Å². The van der Waals surface area contributed by atoms with Crippen LogP contribution in [-0.4, -0.2) is 57.8 Å². The van der Waals surface area contributed by atoms with Crippen LogP contribution in [0.3, 0.4) is 0 Å². The first-order chi connectivity index (χ1) is 17.2. The number of halogens is 2. The zero-order valence-electron chi connectivity index (χ0n) is 21.2. The molecule has 1 aliphatic carbocycles. The van der Waals surface area contributed by atoms with Crippen LogP contribution in [-0.2, 0) is 17.6 Å². The largest absolute Gasteiger partial charge is 0.464 e. The molecule has 0 spiro atoms. The zero-order valence-corrected chi connectivity index (χ0v) is 22.0. The molecule has 2 aromatic heterocycles. The topological polar surface area (TPSA) is 68.2 Å². The third-order valence-electron chi connectivity index (χ3n) is 7.10. The van der Waals surface area contributed by atoms with Gasteiger partial charge in [0.25, 0.3) is 11.1 Å². The fourth-order valence-corrected chi connectivity index (χ4v) is 5.92. The summed E-state index contributed by atoms with van der Waals surface area (Å²) in [6.07, 6.45) is 15.1. The lowest BCUT2D eigenvalue weighted by Crippen LogP contribution is -2.29. The number of allylic oxidation sites excluding steroid dienone is 1. The molecule has 4 rings (SSSR count). The number of fused-ring (bicyclic) bond motifs is 1. The van der Waals surface area contributed by atoms with Crippen LogP contribution < -0.4 is 4.74 Å². The number of nitrogens with zero attached hydrogens (tertiary/aromatic N) is 4. The van der Waals surface area contributed by atoms with E-state index in [-0.39, 0.29) is 5.78 Å². The smallest absolute Gasteiger partial charge is 0.278 e. The van der Waals surface area contributed by atoms with Crippen molar-refractivity contribution in [3.8, 4) is 5.19 Å². The number of ether oxygens (including phenoxy) is 1. The molecule has 36 heavy (non-hydrogen) atoms. The summed E-state index contributed by atoms with van der Waals surface area (Å²) in [4.78, 5) is 28.8. The normalized spacial score (nSPS) is 21.3. The molecular weight excluding hydrogens is 482 g/mol. The molecule has 1 fully saturated rings. The van der Waals surface area contributed by atoms with Crippen molar-refractivity contribution in [2.75, 3.05) is 26.2 Å².